The van der Waals surface area contributed by atoms with Crippen LogP contribution in [-0.2, 0) is 26.2 Å². The Hall–Kier alpha value is -4.29. The van der Waals surface area contributed by atoms with Crippen molar-refractivity contribution in [1.82, 2.24) is 0 Å². The molecule has 0 radical (unpaired) electrons. The van der Waals surface area contributed by atoms with E-state index in [0.29, 0.717) is 10.9 Å². The molecular formula is C46H56B2N4O4S2+4. The lowest BCUT2D eigenvalue weighted by Crippen LogP contribution is -2.34. The number of rotatable bonds is 23. The number of aryl methyl sites for hydroxylation is 2. The van der Waals surface area contributed by atoms with Gasteiger partial charge in [-0.15, -0.1) is 0 Å². The Morgan fingerprint density at radius 1 is 0.345 bits per heavy atom. The van der Waals surface area contributed by atoms with Crippen LogP contribution in [0.2, 0.25) is 0 Å². The summed E-state index contributed by atoms with van der Waals surface area (Å²) in [6, 6.07) is 32.1. The van der Waals surface area contributed by atoms with Crippen LogP contribution in [0.4, 0.5) is 0 Å². The van der Waals surface area contributed by atoms with E-state index < -0.39 is 14.2 Å². The first-order valence-electron chi connectivity index (χ1n) is 20.5. The van der Waals surface area contributed by atoms with Crippen molar-refractivity contribution in [2.24, 2.45) is 0 Å². The summed E-state index contributed by atoms with van der Waals surface area (Å²) >= 11 is 0. The zero-order valence-corrected chi connectivity index (χ0v) is 34.9. The highest BCUT2D eigenvalue weighted by Gasteiger charge is 2.13. The number of nitrogens with zero attached hydrogens (tertiary/aromatic N) is 4. The molecule has 0 aliphatic rings. The number of pyridine rings is 4. The predicted molar refractivity (Wildman–Crippen MR) is 237 cm³/mol. The molecule has 58 heavy (non-hydrogen) atoms. The molecule has 0 saturated heterocycles. The topological polar surface area (TPSA) is 96.4 Å². The number of benzene rings is 2. The number of hydrogen-bond acceptors (Lipinski definition) is 6. The molecule has 8 nitrogen and oxygen atoms in total. The molecule has 0 atom stereocenters. The SMILES string of the molecule is OB(O)c1ccc(C[n+]2ccc(-c3cc[n+](CCCCCCSSCCCCCC[n+]4ccc(-c5cc[n+](Cc6ccc(B(O)O)cc6)cc5)cc4)cc3)cc2)cc1. The van der Waals surface area contributed by atoms with Gasteiger partial charge in [-0.3, -0.25) is 0 Å². The smallest absolute Gasteiger partial charge is 0.423 e. The van der Waals surface area contributed by atoms with Crippen molar-refractivity contribution in [2.45, 2.75) is 77.5 Å². The Morgan fingerprint density at radius 3 is 0.948 bits per heavy atom. The van der Waals surface area contributed by atoms with Crippen molar-refractivity contribution in [2.75, 3.05) is 11.5 Å². The molecule has 0 spiro atoms. The van der Waals surface area contributed by atoms with Gasteiger partial charge in [0.15, 0.2) is 62.7 Å². The van der Waals surface area contributed by atoms with Crippen molar-refractivity contribution in [1.29, 1.82) is 0 Å². The van der Waals surface area contributed by atoms with Gasteiger partial charge in [-0.2, -0.15) is 0 Å². The summed E-state index contributed by atoms with van der Waals surface area (Å²) in [4.78, 5) is 0. The van der Waals surface area contributed by atoms with E-state index in [9.17, 15) is 20.1 Å². The third kappa shape index (κ3) is 14.2. The van der Waals surface area contributed by atoms with Crippen molar-refractivity contribution >= 4 is 46.8 Å². The fourth-order valence-electron chi connectivity index (χ4n) is 6.86. The van der Waals surface area contributed by atoms with Gasteiger partial charge in [0, 0.05) is 84.0 Å². The molecular weight excluding hydrogens is 758 g/mol. The van der Waals surface area contributed by atoms with Crippen LogP contribution >= 0.6 is 21.6 Å². The Bertz CT molecular complexity index is 1920. The van der Waals surface area contributed by atoms with Crippen LogP contribution in [0.1, 0.15) is 62.5 Å². The molecule has 4 N–H and O–H groups in total. The largest absolute Gasteiger partial charge is 0.488 e. The monoisotopic (exact) mass is 814 g/mol. The Balaban J connectivity index is 0.751. The van der Waals surface area contributed by atoms with Crippen molar-refractivity contribution in [3.8, 4) is 22.3 Å². The van der Waals surface area contributed by atoms with Gasteiger partial charge in [0.1, 0.15) is 13.1 Å². The highest BCUT2D eigenvalue weighted by atomic mass is 33.1. The van der Waals surface area contributed by atoms with Gasteiger partial charge in [0.25, 0.3) is 0 Å². The summed E-state index contributed by atoms with van der Waals surface area (Å²) in [5.74, 6) is 2.48. The van der Waals surface area contributed by atoms with Gasteiger partial charge >= 0.3 is 14.2 Å². The maximum Gasteiger partial charge on any atom is 0.488 e. The lowest BCUT2D eigenvalue weighted by atomic mass is 9.80. The van der Waals surface area contributed by atoms with Crippen LogP contribution in [-0.4, -0.2) is 45.8 Å². The summed E-state index contributed by atoms with van der Waals surface area (Å²) in [6.07, 6.45) is 27.3. The third-order valence-corrected chi connectivity index (χ3v) is 13.0. The molecule has 0 aliphatic carbocycles. The van der Waals surface area contributed by atoms with E-state index in [2.05, 4.69) is 116 Å². The summed E-state index contributed by atoms with van der Waals surface area (Å²) in [5, 5.41) is 37.2. The van der Waals surface area contributed by atoms with Gasteiger partial charge < -0.3 is 20.1 Å². The second-order valence-corrected chi connectivity index (χ2v) is 17.6. The maximum atomic E-state index is 9.29. The Labute approximate surface area is 352 Å². The maximum absolute atomic E-state index is 9.29. The van der Waals surface area contributed by atoms with E-state index in [-0.39, 0.29) is 0 Å². The minimum absolute atomic E-state index is 0.503. The van der Waals surface area contributed by atoms with E-state index in [1.54, 1.807) is 24.3 Å². The average molecular weight is 815 g/mol. The number of unbranched alkanes of at least 4 members (excludes halogenated alkanes) is 6. The first-order valence-corrected chi connectivity index (χ1v) is 23.0. The van der Waals surface area contributed by atoms with Gasteiger partial charge in [-0.1, -0.05) is 83.0 Å². The highest BCUT2D eigenvalue weighted by Crippen LogP contribution is 2.24. The number of hydrogen-bond donors (Lipinski definition) is 4. The summed E-state index contributed by atoms with van der Waals surface area (Å²) in [6.45, 7) is 3.57. The lowest BCUT2D eigenvalue weighted by Gasteiger charge is -2.04. The Morgan fingerprint density at radius 2 is 0.638 bits per heavy atom. The summed E-state index contributed by atoms with van der Waals surface area (Å²) in [5.41, 5.74) is 8.03. The minimum Gasteiger partial charge on any atom is -0.423 e. The van der Waals surface area contributed by atoms with E-state index in [4.69, 9.17) is 0 Å². The van der Waals surface area contributed by atoms with Crippen molar-refractivity contribution in [3.63, 3.8) is 0 Å². The van der Waals surface area contributed by atoms with Crippen LogP contribution in [0.15, 0.2) is 147 Å². The fraction of sp³-hybridized carbons (Fsp3) is 0.304. The molecule has 0 fully saturated rings. The van der Waals surface area contributed by atoms with Gasteiger partial charge in [0.05, 0.1) is 0 Å². The summed E-state index contributed by atoms with van der Waals surface area (Å²) in [7, 11) is 1.23. The molecule has 6 aromatic rings. The van der Waals surface area contributed by atoms with E-state index in [1.165, 1.54) is 85.1 Å². The fourth-order valence-corrected chi connectivity index (χ4v) is 9.15. The van der Waals surface area contributed by atoms with Crippen molar-refractivity contribution in [3.05, 3.63) is 158 Å². The van der Waals surface area contributed by atoms with Crippen LogP contribution in [0.3, 0.4) is 0 Å². The standard InChI is InChI=1S/C46H56B2N4O4S2/c53-47(54)45-13-9-39(10-14-45)37-51-31-21-43(22-32-51)41-17-27-49(28-18-41)25-5-1-3-7-35-57-58-36-8-4-2-6-26-50-29-19-42(20-30-50)44-23-33-52(34-24-44)38-40-11-15-46(16-12-40)48(55)56/h9-24,27-34,53-56H,1-8,25-26,35-38H2/q+4. The molecule has 0 amide bonds. The molecule has 0 bridgehead atoms. The van der Waals surface area contributed by atoms with Gasteiger partial charge in [-0.05, 0) is 58.9 Å². The molecule has 12 heteroatoms. The predicted octanol–water partition coefficient (Wildman–Crippen LogP) is 4.83. The average Bonchev–Trinajstić information content (AvgIpc) is 3.25. The highest BCUT2D eigenvalue weighted by molar-refractivity contribution is 8.76. The molecule has 4 aromatic heterocycles. The molecule has 0 aliphatic heterocycles. The van der Waals surface area contributed by atoms with Crippen LogP contribution in [0.5, 0.6) is 0 Å². The van der Waals surface area contributed by atoms with E-state index >= 15 is 0 Å². The second kappa shape index (κ2) is 23.3. The second-order valence-electron chi connectivity index (χ2n) is 14.9. The van der Waals surface area contributed by atoms with Gasteiger partial charge in [-0.25, -0.2) is 18.3 Å². The normalized spacial score (nSPS) is 11.2. The third-order valence-electron chi connectivity index (χ3n) is 10.4. The van der Waals surface area contributed by atoms with E-state index in [1.807, 2.05) is 45.9 Å². The zero-order valence-electron chi connectivity index (χ0n) is 33.3. The molecule has 4 heterocycles. The van der Waals surface area contributed by atoms with Crippen molar-refractivity contribution < 1.29 is 38.4 Å². The molecule has 0 unspecified atom stereocenters. The molecule has 0 saturated carbocycles. The first kappa shape index (κ1) is 43.3. The van der Waals surface area contributed by atoms with Crippen LogP contribution in [0, 0.1) is 0 Å². The molecule has 6 rings (SSSR count). The summed E-state index contributed by atoms with van der Waals surface area (Å²) < 4.78 is 8.83. The zero-order chi connectivity index (χ0) is 40.4. The first-order chi connectivity index (χ1) is 28.4. The minimum atomic E-state index is -1.43. The molecule has 2 aromatic carbocycles. The van der Waals surface area contributed by atoms with Crippen LogP contribution in [0.25, 0.3) is 22.3 Å². The van der Waals surface area contributed by atoms with Gasteiger partial charge in [0.2, 0.25) is 0 Å². The number of aromatic nitrogens is 4. The lowest BCUT2D eigenvalue weighted by molar-refractivity contribution is -0.697. The van der Waals surface area contributed by atoms with E-state index in [0.717, 1.165) is 37.3 Å². The quantitative estimate of drug-likeness (QED) is 0.0321. The Kier molecular flexibility index (Phi) is 17.4. The van der Waals surface area contributed by atoms with Crippen LogP contribution < -0.4 is 29.2 Å². The molecule has 298 valence electrons.